The van der Waals surface area contributed by atoms with E-state index in [9.17, 15) is 8.78 Å². The molecule has 2 aromatic carbocycles. The van der Waals surface area contributed by atoms with Crippen molar-refractivity contribution in [3.8, 4) is 11.1 Å². The van der Waals surface area contributed by atoms with E-state index in [2.05, 4.69) is 12.1 Å². The van der Waals surface area contributed by atoms with Crippen molar-refractivity contribution in [2.24, 2.45) is 0 Å². The zero-order chi connectivity index (χ0) is 15.4. The fourth-order valence-electron chi connectivity index (χ4n) is 2.05. The summed E-state index contributed by atoms with van der Waals surface area (Å²) in [6.07, 6.45) is 0. The van der Waals surface area contributed by atoms with Gasteiger partial charge in [0.15, 0.2) is 0 Å². The molecule has 110 valence electrons. The van der Waals surface area contributed by atoms with E-state index >= 15 is 0 Å². The third kappa shape index (κ3) is 3.47. The number of aryl methyl sites for hydroxylation is 1. The molecule has 0 radical (unpaired) electrons. The second kappa shape index (κ2) is 6.50. The minimum Gasteiger partial charge on any atom is -0.276 e. The minimum absolute atomic E-state index is 0.321. The van der Waals surface area contributed by atoms with Gasteiger partial charge in [0, 0.05) is 5.56 Å². The molecule has 0 unspecified atom stereocenters. The van der Waals surface area contributed by atoms with Crippen LogP contribution in [0.5, 0.6) is 0 Å². The zero-order valence-electron chi connectivity index (χ0n) is 12.0. The lowest BCUT2D eigenvalue weighted by Crippen LogP contribution is -2.12. The maximum Gasteiger partial charge on any atom is 0.133 e. The first-order valence-electron chi connectivity index (χ1n) is 6.66. The van der Waals surface area contributed by atoms with Crippen LogP contribution in [0, 0.1) is 18.6 Å². The largest absolute Gasteiger partial charge is 0.276 e. The summed E-state index contributed by atoms with van der Waals surface area (Å²) in [7, 11) is 0. The van der Waals surface area contributed by atoms with Crippen molar-refractivity contribution in [2.75, 3.05) is 6.61 Å². The molecule has 2 aromatic rings. The zero-order valence-corrected chi connectivity index (χ0v) is 12.0. The van der Waals surface area contributed by atoms with Gasteiger partial charge < -0.3 is 0 Å². The summed E-state index contributed by atoms with van der Waals surface area (Å²) >= 11 is 0. The summed E-state index contributed by atoms with van der Waals surface area (Å²) in [6, 6.07) is 9.17. The predicted molar refractivity (Wildman–Crippen MR) is 80.3 cm³/mol. The van der Waals surface area contributed by atoms with Gasteiger partial charge in [-0.3, -0.25) is 10.3 Å². The molecule has 0 atom stereocenters. The summed E-state index contributed by atoms with van der Waals surface area (Å²) < 4.78 is 27.5. The fourth-order valence-corrected chi connectivity index (χ4v) is 2.05. The van der Waals surface area contributed by atoms with Crippen LogP contribution in [0.15, 0.2) is 43.0 Å². The minimum atomic E-state index is -0.437. The van der Waals surface area contributed by atoms with Crippen LogP contribution in [-0.2, 0) is 4.84 Å². The summed E-state index contributed by atoms with van der Waals surface area (Å²) in [4.78, 5) is 4.99. The first kappa shape index (κ1) is 15.2. The Morgan fingerprint density at radius 1 is 1.19 bits per heavy atom. The van der Waals surface area contributed by atoms with E-state index in [-0.39, 0.29) is 5.82 Å². The van der Waals surface area contributed by atoms with Crippen LogP contribution >= 0.6 is 0 Å². The Balaban J connectivity index is 2.35. The maximum atomic E-state index is 14.2. The molecule has 0 aliphatic rings. The first-order chi connectivity index (χ1) is 10.0. The van der Waals surface area contributed by atoms with E-state index in [0.717, 1.165) is 5.56 Å². The standard InChI is InChI=1S/C17H17F2NO/c1-4-21-20-12(3)15-8-6-13(9-17(15)19)16-10-14(18)7-5-11(16)2/h5-10,20H,3-4H2,1-2H3. The van der Waals surface area contributed by atoms with Gasteiger partial charge in [0.25, 0.3) is 0 Å². The van der Waals surface area contributed by atoms with Crippen LogP contribution in [-0.4, -0.2) is 6.61 Å². The van der Waals surface area contributed by atoms with Crippen molar-refractivity contribution in [2.45, 2.75) is 13.8 Å². The number of hydroxylamine groups is 1. The molecular weight excluding hydrogens is 272 g/mol. The third-order valence-electron chi connectivity index (χ3n) is 3.14. The Kier molecular flexibility index (Phi) is 4.70. The molecular formula is C17H17F2NO. The molecule has 0 aliphatic carbocycles. The Morgan fingerprint density at radius 3 is 2.62 bits per heavy atom. The van der Waals surface area contributed by atoms with Crippen LogP contribution in [0.3, 0.4) is 0 Å². The van der Waals surface area contributed by atoms with E-state index in [1.807, 2.05) is 13.8 Å². The Hall–Kier alpha value is -2.20. The van der Waals surface area contributed by atoms with Crippen molar-refractivity contribution in [1.82, 2.24) is 5.48 Å². The smallest absolute Gasteiger partial charge is 0.133 e. The highest BCUT2D eigenvalue weighted by molar-refractivity contribution is 5.71. The molecule has 1 N–H and O–H groups in total. The summed E-state index contributed by atoms with van der Waals surface area (Å²) in [5.41, 5.74) is 5.42. The second-order valence-electron chi connectivity index (χ2n) is 4.67. The molecule has 0 fully saturated rings. The number of benzene rings is 2. The molecule has 4 heteroatoms. The van der Waals surface area contributed by atoms with Crippen molar-refractivity contribution < 1.29 is 13.6 Å². The van der Waals surface area contributed by atoms with E-state index < -0.39 is 5.82 Å². The number of hydrogen-bond donors (Lipinski definition) is 1. The van der Waals surface area contributed by atoms with E-state index in [0.29, 0.717) is 29.0 Å². The van der Waals surface area contributed by atoms with Crippen molar-refractivity contribution >= 4 is 5.70 Å². The first-order valence-corrected chi connectivity index (χ1v) is 6.66. The third-order valence-corrected chi connectivity index (χ3v) is 3.14. The van der Waals surface area contributed by atoms with Gasteiger partial charge in [-0.15, -0.1) is 0 Å². The average Bonchev–Trinajstić information content (AvgIpc) is 2.47. The topological polar surface area (TPSA) is 21.3 Å². The fraction of sp³-hybridized carbons (Fsp3) is 0.176. The lowest BCUT2D eigenvalue weighted by Gasteiger charge is -2.12. The highest BCUT2D eigenvalue weighted by atomic mass is 19.1. The molecule has 21 heavy (non-hydrogen) atoms. The number of halogens is 2. The Morgan fingerprint density at radius 2 is 1.95 bits per heavy atom. The lowest BCUT2D eigenvalue weighted by molar-refractivity contribution is 0.0899. The molecule has 2 rings (SSSR count). The van der Waals surface area contributed by atoms with Crippen LogP contribution < -0.4 is 5.48 Å². The van der Waals surface area contributed by atoms with Gasteiger partial charge in [-0.2, -0.15) is 0 Å². The second-order valence-corrected chi connectivity index (χ2v) is 4.67. The number of nitrogens with one attached hydrogen (secondary N) is 1. The average molecular weight is 289 g/mol. The van der Waals surface area contributed by atoms with Gasteiger partial charge in [-0.1, -0.05) is 18.7 Å². The van der Waals surface area contributed by atoms with Gasteiger partial charge >= 0.3 is 0 Å². The van der Waals surface area contributed by atoms with E-state index in [1.165, 1.54) is 18.2 Å². The molecule has 0 bridgehead atoms. The monoisotopic (exact) mass is 289 g/mol. The lowest BCUT2D eigenvalue weighted by atomic mass is 9.98. The predicted octanol–water partition coefficient (Wildman–Crippen LogP) is 4.45. The molecule has 0 aliphatic heterocycles. The summed E-state index contributed by atoms with van der Waals surface area (Å²) in [5.74, 6) is -0.782. The van der Waals surface area contributed by atoms with Gasteiger partial charge in [0.2, 0.25) is 0 Å². The summed E-state index contributed by atoms with van der Waals surface area (Å²) in [6.45, 7) is 7.84. The molecule has 2 nitrogen and oxygen atoms in total. The van der Waals surface area contributed by atoms with Gasteiger partial charge in [0.1, 0.15) is 11.6 Å². The number of hydrogen-bond acceptors (Lipinski definition) is 2. The van der Waals surface area contributed by atoms with Crippen molar-refractivity contribution in [3.05, 3.63) is 65.7 Å². The van der Waals surface area contributed by atoms with Gasteiger partial charge in [0.05, 0.1) is 12.3 Å². The number of rotatable bonds is 5. The highest BCUT2D eigenvalue weighted by Crippen LogP contribution is 2.27. The maximum absolute atomic E-state index is 14.2. The van der Waals surface area contributed by atoms with E-state index in [4.69, 9.17) is 4.84 Å². The van der Waals surface area contributed by atoms with Gasteiger partial charge in [-0.25, -0.2) is 8.78 Å². The van der Waals surface area contributed by atoms with Crippen LogP contribution in [0.4, 0.5) is 8.78 Å². The molecule has 0 amide bonds. The normalized spacial score (nSPS) is 10.5. The highest BCUT2D eigenvalue weighted by Gasteiger charge is 2.10. The molecule has 0 spiro atoms. The van der Waals surface area contributed by atoms with Crippen molar-refractivity contribution in [3.63, 3.8) is 0 Å². The van der Waals surface area contributed by atoms with Gasteiger partial charge in [-0.05, 0) is 54.8 Å². The van der Waals surface area contributed by atoms with Crippen molar-refractivity contribution in [1.29, 1.82) is 0 Å². The Bertz CT molecular complexity index is 668. The SMILES string of the molecule is C=C(NOCC)c1ccc(-c2cc(F)ccc2C)cc1F. The molecule has 0 heterocycles. The Labute approximate surface area is 123 Å². The quantitative estimate of drug-likeness (QED) is 0.821. The van der Waals surface area contributed by atoms with E-state index in [1.54, 1.807) is 18.2 Å². The molecule has 0 saturated carbocycles. The summed E-state index contributed by atoms with van der Waals surface area (Å²) in [5, 5.41) is 0. The molecule has 0 aromatic heterocycles. The molecule has 0 saturated heterocycles. The van der Waals surface area contributed by atoms with Crippen LogP contribution in [0.2, 0.25) is 0 Å². The van der Waals surface area contributed by atoms with Crippen LogP contribution in [0.1, 0.15) is 18.1 Å². The van der Waals surface area contributed by atoms with Crippen LogP contribution in [0.25, 0.3) is 16.8 Å².